The number of benzene rings is 1. The van der Waals surface area contributed by atoms with Crippen LogP contribution in [0.1, 0.15) is 36.0 Å². The molecule has 1 fully saturated rings. The van der Waals surface area contributed by atoms with Crippen molar-refractivity contribution in [1.82, 2.24) is 40.1 Å². The van der Waals surface area contributed by atoms with E-state index in [-0.39, 0.29) is 28.6 Å². The van der Waals surface area contributed by atoms with Crippen molar-refractivity contribution in [2.24, 2.45) is 5.10 Å². The van der Waals surface area contributed by atoms with Gasteiger partial charge in [-0.15, -0.1) is 0 Å². The van der Waals surface area contributed by atoms with Crippen LogP contribution in [0.2, 0.25) is 5.02 Å². The molecule has 0 radical (unpaired) electrons. The molecule has 0 atom stereocenters. The molecular formula is C32H41ClF3N10O4P. The predicted molar refractivity (Wildman–Crippen MR) is 192 cm³/mol. The second-order valence-corrected chi connectivity index (χ2v) is 12.7. The number of alkyl halides is 3. The third kappa shape index (κ3) is 9.61. The first-order chi connectivity index (χ1) is 24.2. The Morgan fingerprint density at radius 1 is 1.18 bits per heavy atom. The highest BCUT2D eigenvalue weighted by Crippen LogP contribution is 2.33. The Labute approximate surface area is 300 Å². The minimum atomic E-state index is -4.61. The van der Waals surface area contributed by atoms with Crippen molar-refractivity contribution in [3.63, 3.8) is 0 Å². The lowest BCUT2D eigenvalue weighted by Gasteiger charge is -2.39. The predicted octanol–water partition coefficient (Wildman–Crippen LogP) is 2.64. The van der Waals surface area contributed by atoms with Crippen molar-refractivity contribution in [3.8, 4) is 0 Å². The smallest absolute Gasteiger partial charge is 0.372 e. The van der Waals surface area contributed by atoms with Crippen LogP contribution in [0.25, 0.3) is 6.08 Å². The Hall–Kier alpha value is -4.12. The summed E-state index contributed by atoms with van der Waals surface area (Å²) in [7, 11) is 7.46. The number of nitrogens with zero attached hydrogens (tertiary/aromatic N) is 7. The monoisotopic (exact) mass is 752 g/mol. The van der Waals surface area contributed by atoms with Gasteiger partial charge in [-0.05, 0) is 38.7 Å². The molecule has 276 valence electrons. The zero-order valence-electron chi connectivity index (χ0n) is 28.6. The highest BCUT2D eigenvalue weighted by molar-refractivity contribution is 7.21. The number of fused-ring (bicyclic) bond motifs is 1. The first-order valence-electron chi connectivity index (χ1n) is 15.9. The Morgan fingerprint density at radius 2 is 1.86 bits per heavy atom. The van der Waals surface area contributed by atoms with Crippen molar-refractivity contribution >= 4 is 56.2 Å². The lowest BCUT2D eigenvalue weighted by Crippen LogP contribution is -2.52. The number of allylic oxidation sites excluding steroid dienone is 1. The number of piperazine rings is 1. The molecule has 0 bridgehead atoms. The largest absolute Gasteiger partial charge is 0.416 e. The Balaban J connectivity index is 1.55. The van der Waals surface area contributed by atoms with Crippen LogP contribution < -0.4 is 21.7 Å². The summed E-state index contributed by atoms with van der Waals surface area (Å²) in [5.41, 5.74) is 7.09. The van der Waals surface area contributed by atoms with Crippen LogP contribution >= 0.6 is 20.5 Å². The minimum Gasteiger partial charge on any atom is -0.372 e. The standard InChI is InChI=1S/C32H41ClF3N10O4P/c1-6-21-27(40-25-18-50-15-14-45(25)29(21)48)31(51)44-12-10-43(11-13-44)28(23(7-2)41-38-19-42(4)5)30(49)46(37-3)17-26(47)39-24-9-8-20(16-22(24)33)32(34,35)36/h6,8-9,16,38,41,51H,1,3,7,10-15,17-19H2,2,4-5H3,(H,39,47)/b28-23+. The Kier molecular flexibility index (Phi) is 13.5. The second kappa shape index (κ2) is 17.4. The minimum absolute atomic E-state index is 0.0632. The average Bonchev–Trinajstić information content (AvgIpc) is 3.10. The fourth-order valence-corrected chi connectivity index (χ4v) is 6.08. The van der Waals surface area contributed by atoms with Gasteiger partial charge in [-0.2, -0.15) is 18.3 Å². The van der Waals surface area contributed by atoms with Gasteiger partial charge in [0.2, 0.25) is 5.91 Å². The van der Waals surface area contributed by atoms with Gasteiger partial charge in [0.25, 0.3) is 11.5 Å². The van der Waals surface area contributed by atoms with Crippen LogP contribution in [0.3, 0.4) is 0 Å². The Morgan fingerprint density at radius 3 is 2.45 bits per heavy atom. The van der Waals surface area contributed by atoms with Gasteiger partial charge in [-0.25, -0.2) is 15.4 Å². The molecule has 1 aromatic heterocycles. The third-order valence-electron chi connectivity index (χ3n) is 8.06. The molecule has 4 rings (SSSR count). The summed E-state index contributed by atoms with van der Waals surface area (Å²) >= 11 is 6.02. The van der Waals surface area contributed by atoms with E-state index in [0.29, 0.717) is 86.7 Å². The number of amides is 2. The topological polar surface area (TPSA) is 140 Å². The SMILES string of the molecule is C=Cc1c(C(=P)N2CCN(/C(C(=O)N(CC(=O)Nc3ccc(C(F)(F)F)cc3Cl)N=C)=C(\CC)NNCN(C)C)CC2)nc2n(c1=O)CCOC2. The highest BCUT2D eigenvalue weighted by atomic mass is 35.5. The van der Waals surface area contributed by atoms with Gasteiger partial charge >= 0.3 is 6.18 Å². The van der Waals surface area contributed by atoms with Crippen LogP contribution in [0.4, 0.5) is 18.9 Å². The summed E-state index contributed by atoms with van der Waals surface area (Å²) in [4.78, 5) is 50.9. The maximum atomic E-state index is 14.2. The number of hydrogen-bond donors (Lipinski definition) is 3. The van der Waals surface area contributed by atoms with E-state index in [1.54, 1.807) is 4.57 Å². The van der Waals surface area contributed by atoms with Gasteiger partial charge in [0, 0.05) is 32.9 Å². The number of carbonyl (C=O) groups excluding carboxylic acids is 2. The molecule has 0 aliphatic carbocycles. The highest BCUT2D eigenvalue weighted by Gasteiger charge is 2.33. The van der Waals surface area contributed by atoms with Crippen molar-refractivity contribution in [1.29, 1.82) is 0 Å². The molecule has 51 heavy (non-hydrogen) atoms. The molecule has 2 aliphatic rings. The number of halogens is 4. The average molecular weight is 753 g/mol. The van der Waals surface area contributed by atoms with Crippen molar-refractivity contribution in [2.45, 2.75) is 32.7 Å². The second-order valence-electron chi connectivity index (χ2n) is 11.8. The summed E-state index contributed by atoms with van der Waals surface area (Å²) in [6, 6.07) is 2.53. The van der Waals surface area contributed by atoms with Crippen LogP contribution in [-0.2, 0) is 33.7 Å². The molecule has 1 saturated heterocycles. The molecule has 19 heteroatoms. The molecule has 0 spiro atoms. The van der Waals surface area contributed by atoms with E-state index in [4.69, 9.17) is 21.3 Å². The summed E-state index contributed by atoms with van der Waals surface area (Å²) in [5, 5.41) is 6.81. The summed E-state index contributed by atoms with van der Waals surface area (Å²) < 4.78 is 46.4. The molecule has 14 nitrogen and oxygen atoms in total. The first kappa shape index (κ1) is 39.7. The molecule has 2 amide bonds. The van der Waals surface area contributed by atoms with Crippen molar-refractivity contribution in [3.05, 3.63) is 74.2 Å². The molecule has 2 aliphatic heterocycles. The quantitative estimate of drug-likeness (QED) is 0.0869. The molecule has 0 unspecified atom stereocenters. The van der Waals surface area contributed by atoms with E-state index in [0.717, 1.165) is 17.1 Å². The van der Waals surface area contributed by atoms with Crippen LogP contribution in [-0.4, -0.2) is 113 Å². The molecule has 0 saturated carbocycles. The number of hydrogen-bond acceptors (Lipinski definition) is 10. The lowest BCUT2D eigenvalue weighted by molar-refractivity contribution is -0.137. The van der Waals surface area contributed by atoms with E-state index >= 15 is 0 Å². The number of carbonyl (C=O) groups is 2. The fraction of sp³-hybridized carbons (Fsp3) is 0.438. The molecule has 3 heterocycles. The summed E-state index contributed by atoms with van der Waals surface area (Å²) in [6.07, 6.45) is -2.73. The van der Waals surface area contributed by atoms with E-state index in [2.05, 4.69) is 43.4 Å². The first-order valence-corrected chi connectivity index (χ1v) is 16.8. The number of aromatic nitrogens is 2. The zero-order valence-corrected chi connectivity index (χ0v) is 30.3. The van der Waals surface area contributed by atoms with Gasteiger partial charge < -0.3 is 20.4 Å². The molecule has 1 aromatic carbocycles. The molecule has 2 aromatic rings. The lowest BCUT2D eigenvalue weighted by atomic mass is 10.1. The number of ether oxygens (including phenoxy) is 1. The van der Waals surface area contributed by atoms with E-state index < -0.39 is 30.1 Å². The fourth-order valence-electron chi connectivity index (χ4n) is 5.44. The van der Waals surface area contributed by atoms with E-state index in [9.17, 15) is 27.6 Å². The van der Waals surface area contributed by atoms with Gasteiger partial charge in [-0.3, -0.25) is 28.8 Å². The summed E-state index contributed by atoms with van der Waals surface area (Å²) in [5.74, 6) is -0.875. The van der Waals surface area contributed by atoms with E-state index in [1.807, 2.05) is 35.7 Å². The zero-order chi connectivity index (χ0) is 37.5. The van der Waals surface area contributed by atoms with Crippen LogP contribution in [0.15, 0.2) is 46.1 Å². The maximum absolute atomic E-state index is 14.2. The number of hydrazone groups is 1. The third-order valence-corrected chi connectivity index (χ3v) is 8.93. The van der Waals surface area contributed by atoms with E-state index in [1.165, 1.54) is 6.08 Å². The molecule has 3 N–H and O–H groups in total. The number of hydrazine groups is 1. The summed E-state index contributed by atoms with van der Waals surface area (Å²) in [6.45, 7) is 11.6. The number of nitrogens with one attached hydrogen (secondary N) is 3. The maximum Gasteiger partial charge on any atom is 0.416 e. The normalized spacial score (nSPS) is 15.5. The van der Waals surface area contributed by atoms with Gasteiger partial charge in [-0.1, -0.05) is 40.0 Å². The van der Waals surface area contributed by atoms with Crippen LogP contribution in [0.5, 0.6) is 0 Å². The van der Waals surface area contributed by atoms with Crippen molar-refractivity contribution in [2.75, 3.05) is 65.4 Å². The Bertz CT molecular complexity index is 1760. The van der Waals surface area contributed by atoms with Crippen molar-refractivity contribution < 1.29 is 27.5 Å². The number of anilines is 1. The van der Waals surface area contributed by atoms with Gasteiger partial charge in [0.1, 0.15) is 30.4 Å². The van der Waals surface area contributed by atoms with Gasteiger partial charge in [0.05, 0.1) is 52.8 Å². The molecular weight excluding hydrogens is 712 g/mol. The number of rotatable bonds is 14. The van der Waals surface area contributed by atoms with Gasteiger partial charge in [0.15, 0.2) is 0 Å². The van der Waals surface area contributed by atoms with Crippen LogP contribution in [0, 0.1) is 0 Å².